The van der Waals surface area contributed by atoms with Crippen LogP contribution in [0.2, 0.25) is 5.02 Å². The Morgan fingerprint density at radius 3 is 2.42 bits per heavy atom. The monoisotopic (exact) mass is 361 g/mol. The molecule has 0 aliphatic heterocycles. The zero-order valence-corrected chi connectivity index (χ0v) is 15.7. The third kappa shape index (κ3) is 6.21. The summed E-state index contributed by atoms with van der Waals surface area (Å²) in [4.78, 5) is 13.6. The van der Waals surface area contributed by atoms with Gasteiger partial charge in [0.05, 0.1) is 5.25 Å². The average Bonchev–Trinajstić information content (AvgIpc) is 2.60. The highest BCUT2D eigenvalue weighted by Gasteiger charge is 2.19. The minimum Gasteiger partial charge on any atom is -0.353 e. The lowest BCUT2D eigenvalue weighted by Crippen LogP contribution is -2.38. The van der Waals surface area contributed by atoms with Crippen LogP contribution in [-0.4, -0.2) is 17.2 Å². The van der Waals surface area contributed by atoms with Crippen LogP contribution >= 0.6 is 23.4 Å². The van der Waals surface area contributed by atoms with Crippen LogP contribution in [0.3, 0.4) is 0 Å². The first-order valence-electron chi connectivity index (χ1n) is 8.35. The van der Waals surface area contributed by atoms with Crippen LogP contribution in [0.5, 0.6) is 0 Å². The van der Waals surface area contributed by atoms with Gasteiger partial charge in [-0.2, -0.15) is 0 Å². The normalized spacial score (nSPS) is 13.3. The van der Waals surface area contributed by atoms with E-state index in [4.69, 9.17) is 11.6 Å². The smallest absolute Gasteiger partial charge is 0.233 e. The molecule has 0 saturated carbocycles. The number of carbonyl (C=O) groups is 1. The molecule has 1 N–H and O–H groups in total. The van der Waals surface area contributed by atoms with Gasteiger partial charge < -0.3 is 5.32 Å². The summed E-state index contributed by atoms with van der Waals surface area (Å²) >= 11 is 7.50. The number of benzene rings is 2. The van der Waals surface area contributed by atoms with E-state index in [9.17, 15) is 4.79 Å². The maximum atomic E-state index is 12.5. The Bertz CT molecular complexity index is 630. The van der Waals surface area contributed by atoms with Crippen molar-refractivity contribution in [3.63, 3.8) is 0 Å². The van der Waals surface area contributed by atoms with Crippen molar-refractivity contribution in [2.24, 2.45) is 0 Å². The van der Waals surface area contributed by atoms with Crippen molar-refractivity contribution in [3.05, 3.63) is 65.2 Å². The number of rotatable bonds is 8. The Kier molecular flexibility index (Phi) is 7.67. The first-order chi connectivity index (χ1) is 11.6. The lowest BCUT2D eigenvalue weighted by molar-refractivity contribution is -0.121. The van der Waals surface area contributed by atoms with E-state index in [2.05, 4.69) is 36.5 Å². The molecule has 0 spiro atoms. The maximum absolute atomic E-state index is 12.5. The Morgan fingerprint density at radius 1 is 1.12 bits per heavy atom. The molecule has 0 saturated heterocycles. The maximum Gasteiger partial charge on any atom is 0.233 e. The number of carbonyl (C=O) groups excluding carboxylic acids is 1. The Labute approximate surface area is 154 Å². The van der Waals surface area contributed by atoms with Gasteiger partial charge in [0.1, 0.15) is 0 Å². The van der Waals surface area contributed by atoms with Gasteiger partial charge in [-0.15, -0.1) is 11.8 Å². The number of halogens is 1. The van der Waals surface area contributed by atoms with Gasteiger partial charge in [0, 0.05) is 16.0 Å². The fraction of sp³-hybridized carbons (Fsp3) is 0.350. The number of nitrogens with one attached hydrogen (secondary N) is 1. The third-order valence-electron chi connectivity index (χ3n) is 3.85. The van der Waals surface area contributed by atoms with Gasteiger partial charge in [-0.1, -0.05) is 48.9 Å². The Hall–Kier alpha value is -1.45. The highest BCUT2D eigenvalue weighted by Crippen LogP contribution is 2.27. The van der Waals surface area contributed by atoms with E-state index in [0.29, 0.717) is 5.02 Å². The molecule has 128 valence electrons. The molecule has 0 radical (unpaired) electrons. The lowest BCUT2D eigenvalue weighted by Gasteiger charge is -2.19. The molecule has 0 aromatic heterocycles. The van der Waals surface area contributed by atoms with E-state index in [0.717, 1.165) is 24.2 Å². The third-order valence-corrected chi connectivity index (χ3v) is 5.48. The van der Waals surface area contributed by atoms with Crippen molar-refractivity contribution in [1.82, 2.24) is 5.32 Å². The molecule has 24 heavy (non-hydrogen) atoms. The van der Waals surface area contributed by atoms with Crippen molar-refractivity contribution in [2.75, 3.05) is 0 Å². The fourth-order valence-corrected chi connectivity index (χ4v) is 3.52. The number of amides is 1. The van der Waals surface area contributed by atoms with Crippen molar-refractivity contribution in [1.29, 1.82) is 0 Å². The van der Waals surface area contributed by atoms with Crippen molar-refractivity contribution < 1.29 is 4.79 Å². The molecular formula is C20H24ClNOS. The standard InChI is InChI=1S/C20H24ClNOS/c1-3-19(24-18-13-11-17(21)12-14-18)20(23)22-15(2)9-10-16-7-5-4-6-8-16/h4-8,11-15,19H,3,9-10H2,1-2H3,(H,22,23)/t15-,19-/m0/s1. The molecule has 0 unspecified atom stereocenters. The Balaban J connectivity index is 1.83. The molecule has 1 amide bonds. The molecule has 0 aliphatic rings. The van der Waals surface area contributed by atoms with Gasteiger partial charge in [0.25, 0.3) is 0 Å². The summed E-state index contributed by atoms with van der Waals surface area (Å²) in [5.41, 5.74) is 1.31. The van der Waals surface area contributed by atoms with Gasteiger partial charge in [0.15, 0.2) is 0 Å². The second-order valence-electron chi connectivity index (χ2n) is 5.90. The first kappa shape index (κ1) is 18.9. The molecule has 2 aromatic carbocycles. The summed E-state index contributed by atoms with van der Waals surface area (Å²) in [5, 5.41) is 3.78. The van der Waals surface area contributed by atoms with E-state index in [1.807, 2.05) is 37.3 Å². The van der Waals surface area contributed by atoms with Gasteiger partial charge in [-0.3, -0.25) is 4.79 Å². The average molecular weight is 362 g/mol. The zero-order valence-electron chi connectivity index (χ0n) is 14.2. The predicted molar refractivity (Wildman–Crippen MR) is 104 cm³/mol. The topological polar surface area (TPSA) is 29.1 Å². The second-order valence-corrected chi connectivity index (χ2v) is 7.62. The lowest BCUT2D eigenvalue weighted by atomic mass is 10.1. The first-order valence-corrected chi connectivity index (χ1v) is 9.60. The van der Waals surface area contributed by atoms with Crippen LogP contribution in [0.4, 0.5) is 0 Å². The summed E-state index contributed by atoms with van der Waals surface area (Å²) in [6.07, 6.45) is 2.71. The summed E-state index contributed by atoms with van der Waals surface area (Å²) in [5.74, 6) is 0.109. The van der Waals surface area contributed by atoms with Crippen LogP contribution in [0, 0.1) is 0 Å². The van der Waals surface area contributed by atoms with E-state index in [-0.39, 0.29) is 17.2 Å². The van der Waals surface area contributed by atoms with E-state index >= 15 is 0 Å². The van der Waals surface area contributed by atoms with Crippen LogP contribution in [-0.2, 0) is 11.2 Å². The fourth-order valence-electron chi connectivity index (χ4n) is 2.44. The number of thioether (sulfide) groups is 1. The second kappa shape index (κ2) is 9.75. The van der Waals surface area contributed by atoms with Crippen LogP contribution in [0.15, 0.2) is 59.5 Å². The summed E-state index contributed by atoms with van der Waals surface area (Å²) in [6, 6.07) is 18.2. The molecule has 0 aliphatic carbocycles. The SMILES string of the molecule is CC[C@H](Sc1ccc(Cl)cc1)C(=O)N[C@@H](C)CCc1ccccc1. The zero-order chi connectivity index (χ0) is 17.4. The number of aryl methyl sites for hydroxylation is 1. The molecule has 2 atom stereocenters. The molecule has 2 nitrogen and oxygen atoms in total. The highest BCUT2D eigenvalue weighted by atomic mass is 35.5. The summed E-state index contributed by atoms with van der Waals surface area (Å²) in [6.45, 7) is 4.11. The quantitative estimate of drug-likeness (QED) is 0.642. The summed E-state index contributed by atoms with van der Waals surface area (Å²) < 4.78 is 0. The van der Waals surface area contributed by atoms with E-state index < -0.39 is 0 Å². The molecule has 0 bridgehead atoms. The van der Waals surface area contributed by atoms with Crippen LogP contribution in [0.25, 0.3) is 0 Å². The highest BCUT2D eigenvalue weighted by molar-refractivity contribution is 8.00. The van der Waals surface area contributed by atoms with Gasteiger partial charge in [-0.25, -0.2) is 0 Å². The van der Waals surface area contributed by atoms with Gasteiger partial charge >= 0.3 is 0 Å². The van der Waals surface area contributed by atoms with Crippen LogP contribution in [0.1, 0.15) is 32.3 Å². The predicted octanol–water partition coefficient (Wildman–Crippen LogP) is 5.35. The van der Waals surface area contributed by atoms with E-state index in [1.54, 1.807) is 11.8 Å². The summed E-state index contributed by atoms with van der Waals surface area (Å²) in [7, 11) is 0. The largest absolute Gasteiger partial charge is 0.353 e. The molecule has 0 fully saturated rings. The molecule has 2 rings (SSSR count). The van der Waals surface area contributed by atoms with Crippen molar-refractivity contribution >= 4 is 29.3 Å². The van der Waals surface area contributed by atoms with Gasteiger partial charge in [-0.05, 0) is 56.0 Å². The van der Waals surface area contributed by atoms with Gasteiger partial charge in [0.2, 0.25) is 5.91 Å². The Morgan fingerprint density at radius 2 is 1.79 bits per heavy atom. The molecule has 4 heteroatoms. The molecular weight excluding hydrogens is 338 g/mol. The number of hydrogen-bond donors (Lipinski definition) is 1. The molecule has 0 heterocycles. The van der Waals surface area contributed by atoms with Crippen molar-refractivity contribution in [3.8, 4) is 0 Å². The van der Waals surface area contributed by atoms with Crippen molar-refractivity contribution in [2.45, 2.75) is 49.3 Å². The minimum absolute atomic E-state index is 0.0784. The van der Waals surface area contributed by atoms with Crippen LogP contribution < -0.4 is 5.32 Å². The number of hydrogen-bond acceptors (Lipinski definition) is 2. The minimum atomic E-state index is -0.0784. The van der Waals surface area contributed by atoms with E-state index in [1.165, 1.54) is 5.56 Å². The molecule has 2 aromatic rings.